The maximum atomic E-state index is 13.0. The predicted octanol–water partition coefficient (Wildman–Crippen LogP) is 5.82. The zero-order valence-corrected chi connectivity index (χ0v) is 19.2. The summed E-state index contributed by atoms with van der Waals surface area (Å²) < 4.78 is 2.07. The van der Waals surface area contributed by atoms with Crippen LogP contribution < -0.4 is 4.90 Å². The molecule has 1 aliphatic heterocycles. The summed E-state index contributed by atoms with van der Waals surface area (Å²) >= 11 is 7.36. The SMILES string of the molecule is CCN1C(=O)/C(=C/c2cccn2-c2ccc(N(C)C)cc2)SC1=Nc1ccc(Cl)cc1. The Labute approximate surface area is 191 Å². The fraction of sp³-hybridized carbons (Fsp3) is 0.167. The van der Waals surface area contributed by atoms with Gasteiger partial charge in [-0.15, -0.1) is 0 Å². The Balaban J connectivity index is 1.64. The highest BCUT2D eigenvalue weighted by Crippen LogP contribution is 2.34. The van der Waals surface area contributed by atoms with Crippen molar-refractivity contribution in [1.82, 2.24) is 9.47 Å². The molecule has 0 spiro atoms. The molecule has 4 rings (SSSR count). The average molecular weight is 451 g/mol. The van der Waals surface area contributed by atoms with Gasteiger partial charge in [0.25, 0.3) is 5.91 Å². The Kier molecular flexibility index (Phi) is 6.20. The van der Waals surface area contributed by atoms with Gasteiger partial charge in [0.1, 0.15) is 0 Å². The van der Waals surface area contributed by atoms with Crippen LogP contribution in [0.3, 0.4) is 0 Å². The van der Waals surface area contributed by atoms with Crippen molar-refractivity contribution < 1.29 is 4.79 Å². The number of rotatable bonds is 5. The Hall–Kier alpha value is -2.96. The first-order valence-electron chi connectivity index (χ1n) is 9.97. The van der Waals surface area contributed by atoms with Crippen LogP contribution in [-0.2, 0) is 4.79 Å². The first-order chi connectivity index (χ1) is 15.0. The van der Waals surface area contributed by atoms with Gasteiger partial charge in [-0.05, 0) is 85.4 Å². The number of thioether (sulfide) groups is 1. The summed E-state index contributed by atoms with van der Waals surface area (Å²) in [7, 11) is 4.04. The zero-order valence-electron chi connectivity index (χ0n) is 17.6. The number of nitrogens with zero attached hydrogens (tertiary/aromatic N) is 4. The van der Waals surface area contributed by atoms with Gasteiger partial charge in [0.05, 0.1) is 10.6 Å². The average Bonchev–Trinajstić information content (AvgIpc) is 3.34. The van der Waals surface area contributed by atoms with Crippen molar-refractivity contribution in [3.63, 3.8) is 0 Å². The standard InChI is InChI=1S/C24H23ClN4OS/c1-4-28-23(30)22(31-24(28)26-18-9-7-17(25)8-10-18)16-21-6-5-15-29(21)20-13-11-19(12-14-20)27(2)3/h5-16H,4H2,1-3H3/b22-16-,26-24?. The van der Waals surface area contributed by atoms with Crippen LogP contribution in [0.15, 0.2) is 76.8 Å². The lowest BCUT2D eigenvalue weighted by Gasteiger charge is -2.14. The maximum Gasteiger partial charge on any atom is 0.266 e. The third kappa shape index (κ3) is 4.55. The van der Waals surface area contributed by atoms with E-state index in [1.165, 1.54) is 11.8 Å². The van der Waals surface area contributed by atoms with Crippen molar-refractivity contribution in [3.05, 3.63) is 82.5 Å². The molecule has 0 N–H and O–H groups in total. The van der Waals surface area contributed by atoms with Gasteiger partial charge < -0.3 is 9.47 Å². The Morgan fingerprint density at radius 2 is 1.77 bits per heavy atom. The molecule has 7 heteroatoms. The molecule has 0 bridgehead atoms. The number of amidine groups is 1. The molecule has 5 nitrogen and oxygen atoms in total. The number of hydrogen-bond donors (Lipinski definition) is 0. The summed E-state index contributed by atoms with van der Waals surface area (Å²) in [4.78, 5) is 22.1. The van der Waals surface area contributed by atoms with Gasteiger partial charge in [-0.25, -0.2) is 4.99 Å². The second kappa shape index (κ2) is 9.04. The molecular weight excluding hydrogens is 428 g/mol. The minimum Gasteiger partial charge on any atom is -0.378 e. The minimum absolute atomic E-state index is 0.0316. The molecular formula is C24H23ClN4OS. The molecule has 2 aromatic carbocycles. The molecule has 0 aliphatic carbocycles. The van der Waals surface area contributed by atoms with Gasteiger partial charge >= 0.3 is 0 Å². The number of anilines is 1. The lowest BCUT2D eigenvalue weighted by atomic mass is 10.2. The van der Waals surface area contributed by atoms with E-state index in [1.807, 2.05) is 57.6 Å². The van der Waals surface area contributed by atoms with Crippen LogP contribution >= 0.6 is 23.4 Å². The third-order valence-corrected chi connectivity index (χ3v) is 6.22. The molecule has 1 amide bonds. The first-order valence-corrected chi connectivity index (χ1v) is 11.2. The number of amides is 1. The molecule has 31 heavy (non-hydrogen) atoms. The highest BCUT2D eigenvalue weighted by Gasteiger charge is 2.32. The molecule has 0 saturated carbocycles. The van der Waals surface area contributed by atoms with E-state index in [9.17, 15) is 4.79 Å². The number of hydrogen-bond acceptors (Lipinski definition) is 4. The van der Waals surface area contributed by atoms with Crippen LogP contribution in [0, 0.1) is 0 Å². The predicted molar refractivity (Wildman–Crippen MR) is 132 cm³/mol. The smallest absolute Gasteiger partial charge is 0.266 e. The van der Waals surface area contributed by atoms with Crippen molar-refractivity contribution >= 4 is 51.9 Å². The fourth-order valence-electron chi connectivity index (χ4n) is 3.29. The number of likely N-dealkylation sites (N-methyl/N-ethyl adjacent to an activating group) is 1. The van der Waals surface area contributed by atoms with E-state index in [-0.39, 0.29) is 5.91 Å². The summed E-state index contributed by atoms with van der Waals surface area (Å²) in [5.41, 5.74) is 3.89. The number of benzene rings is 2. The lowest BCUT2D eigenvalue weighted by Crippen LogP contribution is -2.28. The largest absolute Gasteiger partial charge is 0.378 e. The molecule has 0 unspecified atom stereocenters. The second-order valence-electron chi connectivity index (χ2n) is 7.24. The van der Waals surface area contributed by atoms with Crippen LogP contribution in [0.1, 0.15) is 12.6 Å². The van der Waals surface area contributed by atoms with Crippen molar-refractivity contribution in [2.75, 3.05) is 25.5 Å². The monoisotopic (exact) mass is 450 g/mol. The van der Waals surface area contributed by atoms with Crippen LogP contribution in [-0.4, -0.2) is 41.2 Å². The molecule has 158 valence electrons. The summed E-state index contributed by atoms with van der Waals surface area (Å²) in [6, 6.07) is 19.6. The number of halogens is 1. The van der Waals surface area contributed by atoms with E-state index in [0.717, 1.165) is 22.8 Å². The topological polar surface area (TPSA) is 40.8 Å². The van der Waals surface area contributed by atoms with Gasteiger partial charge in [0, 0.05) is 48.9 Å². The highest BCUT2D eigenvalue weighted by molar-refractivity contribution is 8.18. The molecule has 1 fully saturated rings. The number of carbonyl (C=O) groups excluding carboxylic acids is 1. The summed E-state index contributed by atoms with van der Waals surface area (Å²) in [5.74, 6) is -0.0316. The number of carbonyl (C=O) groups is 1. The molecule has 3 aromatic rings. The van der Waals surface area contributed by atoms with E-state index < -0.39 is 0 Å². The van der Waals surface area contributed by atoms with E-state index >= 15 is 0 Å². The Morgan fingerprint density at radius 1 is 1.06 bits per heavy atom. The molecule has 0 atom stereocenters. The van der Waals surface area contributed by atoms with E-state index in [2.05, 4.69) is 38.7 Å². The van der Waals surface area contributed by atoms with Crippen molar-refractivity contribution in [2.45, 2.75) is 6.92 Å². The summed E-state index contributed by atoms with van der Waals surface area (Å²) in [6.07, 6.45) is 3.93. The molecule has 2 heterocycles. The van der Waals surface area contributed by atoms with Gasteiger partial charge in [0.2, 0.25) is 0 Å². The Morgan fingerprint density at radius 3 is 2.42 bits per heavy atom. The Bertz CT molecular complexity index is 1150. The van der Waals surface area contributed by atoms with Gasteiger partial charge in [-0.2, -0.15) is 0 Å². The fourth-order valence-corrected chi connectivity index (χ4v) is 4.46. The molecule has 1 saturated heterocycles. The third-order valence-electron chi connectivity index (χ3n) is 4.96. The van der Waals surface area contributed by atoms with Gasteiger partial charge in [-0.1, -0.05) is 11.6 Å². The van der Waals surface area contributed by atoms with Crippen LogP contribution in [0.5, 0.6) is 0 Å². The second-order valence-corrected chi connectivity index (χ2v) is 8.69. The number of aromatic nitrogens is 1. The quantitative estimate of drug-likeness (QED) is 0.460. The van der Waals surface area contributed by atoms with Crippen LogP contribution in [0.4, 0.5) is 11.4 Å². The maximum absolute atomic E-state index is 13.0. The zero-order chi connectivity index (χ0) is 22.0. The first kappa shape index (κ1) is 21.3. The molecule has 0 radical (unpaired) electrons. The van der Waals surface area contributed by atoms with Gasteiger partial charge in [0.15, 0.2) is 5.17 Å². The molecule has 1 aromatic heterocycles. The van der Waals surface area contributed by atoms with Crippen molar-refractivity contribution in [3.8, 4) is 5.69 Å². The van der Waals surface area contributed by atoms with Crippen molar-refractivity contribution in [2.24, 2.45) is 4.99 Å². The highest BCUT2D eigenvalue weighted by atomic mass is 35.5. The van der Waals surface area contributed by atoms with E-state index in [0.29, 0.717) is 21.6 Å². The lowest BCUT2D eigenvalue weighted by molar-refractivity contribution is -0.122. The van der Waals surface area contributed by atoms with Crippen molar-refractivity contribution in [1.29, 1.82) is 0 Å². The van der Waals surface area contributed by atoms with Gasteiger partial charge in [-0.3, -0.25) is 9.69 Å². The van der Waals surface area contributed by atoms with Crippen LogP contribution in [0.2, 0.25) is 5.02 Å². The minimum atomic E-state index is -0.0316. The summed E-state index contributed by atoms with van der Waals surface area (Å²) in [6.45, 7) is 2.51. The van der Waals surface area contributed by atoms with E-state index in [4.69, 9.17) is 11.6 Å². The normalized spacial score (nSPS) is 16.5. The van der Waals surface area contributed by atoms with E-state index in [1.54, 1.807) is 17.0 Å². The van der Waals surface area contributed by atoms with Crippen LogP contribution in [0.25, 0.3) is 11.8 Å². The molecule has 1 aliphatic rings. The summed E-state index contributed by atoms with van der Waals surface area (Å²) in [5, 5.41) is 1.33. The number of aliphatic imine (C=N–C) groups is 1.